The predicted molar refractivity (Wildman–Crippen MR) is 96.9 cm³/mol. The highest BCUT2D eigenvalue weighted by atomic mass is 16.5. The van der Waals surface area contributed by atoms with Gasteiger partial charge in [0, 0.05) is 18.2 Å². The summed E-state index contributed by atoms with van der Waals surface area (Å²) in [5.41, 5.74) is 2.00. The van der Waals surface area contributed by atoms with Crippen LogP contribution in [0.15, 0.2) is 27.6 Å². The van der Waals surface area contributed by atoms with Crippen molar-refractivity contribution in [2.75, 3.05) is 7.11 Å². The minimum Gasteiger partial charge on any atom is -0.496 e. The van der Waals surface area contributed by atoms with Gasteiger partial charge in [-0.15, -0.1) is 0 Å². The lowest BCUT2D eigenvalue weighted by atomic mass is 9.98. The third-order valence-electron chi connectivity index (χ3n) is 4.39. The maximum absolute atomic E-state index is 12.4. The van der Waals surface area contributed by atoms with Gasteiger partial charge in [-0.25, -0.2) is 4.79 Å². The number of unbranched alkanes of at least 4 members (excludes halogenated alkanes) is 1. The molecule has 7 heteroatoms. The van der Waals surface area contributed by atoms with E-state index in [0.29, 0.717) is 11.3 Å². The third kappa shape index (κ3) is 2.96. The Morgan fingerprint density at radius 1 is 1.38 bits per heavy atom. The molecular weight excluding hydrogens is 336 g/mol. The van der Waals surface area contributed by atoms with Crippen LogP contribution >= 0.6 is 0 Å². The first-order chi connectivity index (χ1) is 12.5. The number of H-pyrrole nitrogens is 1. The summed E-state index contributed by atoms with van der Waals surface area (Å²) in [6, 6.07) is 3.34. The van der Waals surface area contributed by atoms with Crippen LogP contribution in [0.1, 0.15) is 41.6 Å². The summed E-state index contributed by atoms with van der Waals surface area (Å²) in [5.74, 6) is -0.0333. The monoisotopic (exact) mass is 356 g/mol. The number of aromatic amines is 1. The summed E-state index contributed by atoms with van der Waals surface area (Å²) in [4.78, 5) is 26.5. The number of rotatable bonds is 6. The molecule has 0 aliphatic carbocycles. The minimum atomic E-state index is -1.27. The van der Waals surface area contributed by atoms with Crippen molar-refractivity contribution in [1.82, 2.24) is 10.1 Å². The molecule has 0 bridgehead atoms. The molecule has 0 atom stereocenters. The lowest BCUT2D eigenvalue weighted by molar-refractivity contribution is 0.0695. The molecule has 2 aromatic heterocycles. The number of carboxylic acid groups (broad SMARTS) is 1. The molecule has 2 N–H and O–H groups in total. The Bertz CT molecular complexity index is 1030. The largest absolute Gasteiger partial charge is 0.496 e. The number of methoxy groups -OCH3 is 1. The fourth-order valence-corrected chi connectivity index (χ4v) is 3.04. The molecule has 0 unspecified atom stereocenters. The number of carboxylic acids is 1. The van der Waals surface area contributed by atoms with Crippen LogP contribution in [-0.2, 0) is 6.42 Å². The molecule has 0 amide bonds. The molecular formula is C19H20N2O5. The molecule has 0 aliphatic rings. The molecule has 1 aromatic carbocycles. The number of aromatic nitrogens is 2. The highest BCUT2D eigenvalue weighted by Gasteiger charge is 2.21. The van der Waals surface area contributed by atoms with Crippen molar-refractivity contribution in [2.24, 2.45) is 0 Å². The van der Waals surface area contributed by atoms with Crippen LogP contribution in [0.5, 0.6) is 5.75 Å². The molecule has 3 aromatic rings. The number of nitrogens with one attached hydrogen (secondary N) is 1. The molecule has 0 saturated heterocycles. The Labute approximate surface area is 149 Å². The van der Waals surface area contributed by atoms with Gasteiger partial charge in [0.15, 0.2) is 0 Å². The number of hydrogen-bond donors (Lipinski definition) is 2. The van der Waals surface area contributed by atoms with Crippen LogP contribution in [0.25, 0.3) is 22.0 Å². The fraction of sp³-hybridized carbons (Fsp3) is 0.316. The van der Waals surface area contributed by atoms with Crippen LogP contribution in [0.2, 0.25) is 0 Å². The van der Waals surface area contributed by atoms with Crippen molar-refractivity contribution in [3.05, 3.63) is 45.6 Å². The summed E-state index contributed by atoms with van der Waals surface area (Å²) in [6.07, 6.45) is 3.96. The van der Waals surface area contributed by atoms with Gasteiger partial charge in [-0.1, -0.05) is 18.5 Å². The lowest BCUT2D eigenvalue weighted by Gasteiger charge is -2.11. The number of hydrogen-bond acceptors (Lipinski definition) is 5. The van der Waals surface area contributed by atoms with E-state index < -0.39 is 11.4 Å². The maximum Gasteiger partial charge on any atom is 0.341 e. The van der Waals surface area contributed by atoms with Gasteiger partial charge in [0.1, 0.15) is 17.1 Å². The van der Waals surface area contributed by atoms with Gasteiger partial charge in [-0.05, 0) is 25.5 Å². The van der Waals surface area contributed by atoms with Crippen LogP contribution in [-0.4, -0.2) is 28.3 Å². The zero-order valence-corrected chi connectivity index (χ0v) is 14.9. The highest BCUT2D eigenvalue weighted by molar-refractivity contribution is 5.95. The van der Waals surface area contributed by atoms with E-state index in [1.54, 1.807) is 12.1 Å². The number of carbonyl (C=O) groups is 1. The minimum absolute atomic E-state index is 0.259. The van der Waals surface area contributed by atoms with E-state index in [2.05, 4.69) is 17.1 Å². The quantitative estimate of drug-likeness (QED) is 0.700. The number of aromatic carboxylic acids is 1. The first kappa shape index (κ1) is 17.7. The van der Waals surface area contributed by atoms with Crippen LogP contribution in [0.4, 0.5) is 0 Å². The van der Waals surface area contributed by atoms with Gasteiger partial charge in [-0.2, -0.15) is 0 Å². The fourth-order valence-electron chi connectivity index (χ4n) is 3.04. The first-order valence-corrected chi connectivity index (χ1v) is 8.40. The van der Waals surface area contributed by atoms with Gasteiger partial charge in [0.05, 0.1) is 29.3 Å². The normalized spacial score (nSPS) is 11.0. The second kappa shape index (κ2) is 7.03. The second-order valence-corrected chi connectivity index (χ2v) is 6.10. The molecule has 0 aliphatic heterocycles. The maximum atomic E-state index is 12.4. The molecule has 2 heterocycles. The van der Waals surface area contributed by atoms with Gasteiger partial charge in [-0.3, -0.25) is 4.79 Å². The van der Waals surface area contributed by atoms with Crippen molar-refractivity contribution < 1.29 is 19.2 Å². The van der Waals surface area contributed by atoms with Gasteiger partial charge >= 0.3 is 5.97 Å². The summed E-state index contributed by atoms with van der Waals surface area (Å²) >= 11 is 0. The van der Waals surface area contributed by atoms with Crippen molar-refractivity contribution >= 4 is 16.9 Å². The van der Waals surface area contributed by atoms with E-state index in [9.17, 15) is 9.59 Å². The van der Waals surface area contributed by atoms with Gasteiger partial charge in [0.25, 0.3) is 0 Å². The Kier molecular flexibility index (Phi) is 4.79. The average molecular weight is 356 g/mol. The first-order valence-electron chi connectivity index (χ1n) is 8.40. The SMILES string of the molecule is CCCCc1onc(C)c1-c1cc2[nH]cc(C(=O)O)c(=O)c2cc1OC. The van der Waals surface area contributed by atoms with Crippen LogP contribution < -0.4 is 10.2 Å². The molecule has 0 fully saturated rings. The number of fused-ring (bicyclic) bond motifs is 1. The Morgan fingerprint density at radius 3 is 2.81 bits per heavy atom. The molecule has 0 radical (unpaired) electrons. The number of nitrogens with zero attached hydrogens (tertiary/aromatic N) is 1. The van der Waals surface area contributed by atoms with E-state index >= 15 is 0 Å². The van der Waals surface area contributed by atoms with E-state index in [-0.39, 0.29) is 10.9 Å². The van der Waals surface area contributed by atoms with Crippen LogP contribution in [0.3, 0.4) is 0 Å². The summed E-state index contributed by atoms with van der Waals surface area (Å²) in [6.45, 7) is 3.96. The van der Waals surface area contributed by atoms with E-state index in [1.165, 1.54) is 13.3 Å². The van der Waals surface area contributed by atoms with Crippen molar-refractivity contribution in [2.45, 2.75) is 33.1 Å². The van der Waals surface area contributed by atoms with E-state index in [4.69, 9.17) is 14.4 Å². The molecule has 0 saturated carbocycles. The highest BCUT2D eigenvalue weighted by Crippen LogP contribution is 2.37. The number of pyridine rings is 1. The van der Waals surface area contributed by atoms with Gasteiger partial charge in [0.2, 0.25) is 5.43 Å². The topological polar surface area (TPSA) is 105 Å². The Balaban J connectivity index is 2.25. The smallest absolute Gasteiger partial charge is 0.341 e. The van der Waals surface area contributed by atoms with Gasteiger partial charge < -0.3 is 19.4 Å². The summed E-state index contributed by atoms with van der Waals surface area (Å²) in [5, 5.41) is 13.5. The number of ether oxygens (including phenoxy) is 1. The Hall–Kier alpha value is -3.09. The lowest BCUT2D eigenvalue weighted by Crippen LogP contribution is -2.15. The third-order valence-corrected chi connectivity index (χ3v) is 4.39. The number of aryl methyl sites for hydroxylation is 2. The van der Waals surface area contributed by atoms with Crippen molar-refractivity contribution in [1.29, 1.82) is 0 Å². The summed E-state index contributed by atoms with van der Waals surface area (Å²) < 4.78 is 11.0. The van der Waals surface area contributed by atoms with Crippen molar-refractivity contribution in [3.8, 4) is 16.9 Å². The molecule has 3 rings (SSSR count). The average Bonchev–Trinajstić information content (AvgIpc) is 2.99. The standard InChI is InChI=1S/C19H20N2O5/c1-4-5-6-15-17(10(2)21-26-15)12-7-14-11(8-16(12)25-3)18(22)13(9-20-14)19(23)24/h7-9H,4-6H2,1-3H3,(H,20,22)(H,23,24). The van der Waals surface area contributed by atoms with E-state index in [0.717, 1.165) is 41.8 Å². The molecule has 0 spiro atoms. The number of benzene rings is 1. The summed E-state index contributed by atoms with van der Waals surface area (Å²) in [7, 11) is 1.51. The molecule has 136 valence electrons. The zero-order chi connectivity index (χ0) is 18.8. The second-order valence-electron chi connectivity index (χ2n) is 6.10. The Morgan fingerprint density at radius 2 is 2.15 bits per heavy atom. The molecule has 7 nitrogen and oxygen atoms in total. The van der Waals surface area contributed by atoms with Crippen LogP contribution in [0, 0.1) is 6.92 Å². The predicted octanol–water partition coefficient (Wildman–Crippen LogP) is 3.54. The molecule has 26 heavy (non-hydrogen) atoms. The van der Waals surface area contributed by atoms with E-state index in [1.807, 2.05) is 6.92 Å². The van der Waals surface area contributed by atoms with Crippen molar-refractivity contribution in [3.63, 3.8) is 0 Å². The zero-order valence-electron chi connectivity index (χ0n) is 14.9.